The summed E-state index contributed by atoms with van der Waals surface area (Å²) in [4.78, 5) is 18.9. The van der Waals surface area contributed by atoms with Crippen LogP contribution < -0.4 is 5.43 Å². The minimum Gasteiger partial charge on any atom is -0.307 e. The number of aryl methyl sites for hydroxylation is 2. The van der Waals surface area contributed by atoms with Gasteiger partial charge in [0.05, 0.1) is 12.1 Å². The van der Waals surface area contributed by atoms with E-state index in [-0.39, 0.29) is 0 Å². The quantitative estimate of drug-likeness (QED) is 0.499. The van der Waals surface area contributed by atoms with Crippen molar-refractivity contribution in [3.63, 3.8) is 0 Å². The van der Waals surface area contributed by atoms with Gasteiger partial charge in [-0.2, -0.15) is 0 Å². The maximum absolute atomic E-state index is 4.91. The van der Waals surface area contributed by atoms with Gasteiger partial charge in [0, 0.05) is 55.6 Å². The number of hydrogen-bond donors (Lipinski definition) is 1. The first-order chi connectivity index (χ1) is 15.6. The van der Waals surface area contributed by atoms with Gasteiger partial charge in [-0.25, -0.2) is 20.0 Å². The van der Waals surface area contributed by atoms with Gasteiger partial charge in [-0.3, -0.25) is 4.98 Å². The molecule has 7 heteroatoms. The summed E-state index contributed by atoms with van der Waals surface area (Å²) in [5.74, 6) is 1.65. The Morgan fingerprint density at radius 1 is 0.875 bits per heavy atom. The van der Waals surface area contributed by atoms with Gasteiger partial charge in [0.25, 0.3) is 0 Å². The summed E-state index contributed by atoms with van der Waals surface area (Å²) in [6, 6.07) is 10.5. The normalized spacial score (nSPS) is 14.7. The van der Waals surface area contributed by atoms with Crippen LogP contribution in [0.25, 0.3) is 5.65 Å². The molecule has 0 amide bonds. The van der Waals surface area contributed by atoms with Crippen molar-refractivity contribution in [2.24, 2.45) is 0 Å². The van der Waals surface area contributed by atoms with E-state index in [9.17, 15) is 0 Å². The van der Waals surface area contributed by atoms with Crippen LogP contribution >= 0.6 is 0 Å². The highest BCUT2D eigenvalue weighted by molar-refractivity contribution is 5.43. The van der Waals surface area contributed by atoms with Crippen molar-refractivity contribution < 1.29 is 0 Å². The lowest BCUT2D eigenvalue weighted by molar-refractivity contribution is 0.272. The van der Waals surface area contributed by atoms with Crippen molar-refractivity contribution in [3.05, 3.63) is 83.0 Å². The lowest BCUT2D eigenvalue weighted by Gasteiger charge is -2.27. The smallest absolute Gasteiger partial charge is 0.144 e. The highest BCUT2D eigenvalue weighted by Crippen LogP contribution is 2.18. The minimum absolute atomic E-state index is 0.615. The van der Waals surface area contributed by atoms with Crippen LogP contribution in [0, 0.1) is 13.8 Å². The molecule has 0 spiro atoms. The molecule has 0 aliphatic carbocycles. The van der Waals surface area contributed by atoms with Gasteiger partial charge < -0.3 is 9.83 Å². The van der Waals surface area contributed by atoms with Gasteiger partial charge in [-0.05, 0) is 62.1 Å². The molecule has 1 saturated heterocycles. The first-order valence-electron chi connectivity index (χ1n) is 11.3. The fraction of sp³-hybridized carbons (Fsp3) is 0.360. The zero-order chi connectivity index (χ0) is 21.9. The molecule has 1 fully saturated rings. The van der Waals surface area contributed by atoms with Gasteiger partial charge >= 0.3 is 0 Å². The molecule has 7 nitrogen and oxygen atoms in total. The predicted molar refractivity (Wildman–Crippen MR) is 126 cm³/mol. The molecule has 0 saturated carbocycles. The Kier molecular flexibility index (Phi) is 5.81. The van der Waals surface area contributed by atoms with Crippen molar-refractivity contribution in [2.45, 2.75) is 46.0 Å². The monoisotopic (exact) mass is 427 g/mol. The number of nitrogens with zero attached hydrogens (tertiary/aromatic N) is 6. The third-order valence-electron chi connectivity index (χ3n) is 5.79. The molecule has 0 atom stereocenters. The van der Waals surface area contributed by atoms with E-state index in [4.69, 9.17) is 15.0 Å². The molecule has 32 heavy (non-hydrogen) atoms. The second kappa shape index (κ2) is 9.04. The molecule has 0 aromatic carbocycles. The standard InChI is InChI=1S/C25H29N7/c1-18-12-19(2)27-21(13-18)16-23-28-22(14-20-6-10-31-11-7-26-25(31)15-20)17-24(29-23)30-32-8-4-3-5-9-32/h6-7,10-13,15,17H,3-5,8-9,14,16H2,1-2H3,(H,28,29,30). The fourth-order valence-electron chi connectivity index (χ4n) is 4.40. The number of piperidine rings is 1. The third-order valence-corrected chi connectivity index (χ3v) is 5.79. The summed E-state index contributed by atoms with van der Waals surface area (Å²) in [5.41, 5.74) is 9.89. The molecule has 0 radical (unpaired) electrons. The molecule has 1 N–H and O–H groups in total. The van der Waals surface area contributed by atoms with Gasteiger partial charge in [-0.15, -0.1) is 0 Å². The van der Waals surface area contributed by atoms with E-state index in [2.05, 4.69) is 52.7 Å². The summed E-state index contributed by atoms with van der Waals surface area (Å²) < 4.78 is 2.02. The van der Waals surface area contributed by atoms with Crippen LogP contribution in [-0.2, 0) is 12.8 Å². The zero-order valence-electron chi connectivity index (χ0n) is 18.8. The fourth-order valence-corrected chi connectivity index (χ4v) is 4.40. The lowest BCUT2D eigenvalue weighted by atomic mass is 10.1. The largest absolute Gasteiger partial charge is 0.307 e. The maximum atomic E-state index is 4.91. The summed E-state index contributed by atoms with van der Waals surface area (Å²) in [6.45, 7) is 6.22. The molecular weight excluding hydrogens is 398 g/mol. The van der Waals surface area contributed by atoms with Crippen molar-refractivity contribution in [3.8, 4) is 0 Å². The number of hydrogen-bond acceptors (Lipinski definition) is 6. The molecular formula is C25H29N7. The molecule has 4 aromatic heterocycles. The number of rotatable bonds is 6. The van der Waals surface area contributed by atoms with Gasteiger partial charge in [0.1, 0.15) is 17.3 Å². The Morgan fingerprint density at radius 2 is 1.72 bits per heavy atom. The van der Waals surface area contributed by atoms with Crippen molar-refractivity contribution in [2.75, 3.05) is 18.5 Å². The molecule has 1 aliphatic heterocycles. The molecule has 0 unspecified atom stereocenters. The molecule has 1 aliphatic rings. The molecule has 164 valence electrons. The molecule has 5 rings (SSSR count). The summed E-state index contributed by atoms with van der Waals surface area (Å²) in [5, 5.41) is 2.27. The highest BCUT2D eigenvalue weighted by atomic mass is 15.5. The average molecular weight is 428 g/mol. The summed E-state index contributed by atoms with van der Waals surface area (Å²) in [7, 11) is 0. The average Bonchev–Trinajstić information content (AvgIpc) is 3.21. The molecule has 4 aromatic rings. The number of hydrazine groups is 1. The van der Waals surface area contributed by atoms with E-state index in [1.54, 1.807) is 0 Å². The Balaban J connectivity index is 1.44. The topological polar surface area (TPSA) is 71.2 Å². The van der Waals surface area contributed by atoms with Crippen molar-refractivity contribution in [1.29, 1.82) is 0 Å². The van der Waals surface area contributed by atoms with E-state index in [0.717, 1.165) is 53.9 Å². The third kappa shape index (κ3) is 4.94. The second-order valence-corrected chi connectivity index (χ2v) is 8.68. The number of anilines is 1. The van der Waals surface area contributed by atoms with Crippen molar-refractivity contribution in [1.82, 2.24) is 29.3 Å². The van der Waals surface area contributed by atoms with Gasteiger partial charge in [0.15, 0.2) is 0 Å². The first-order valence-corrected chi connectivity index (χ1v) is 11.3. The van der Waals surface area contributed by atoms with E-state index in [0.29, 0.717) is 6.42 Å². The summed E-state index contributed by atoms with van der Waals surface area (Å²) in [6.07, 6.45) is 10.9. The van der Waals surface area contributed by atoms with Crippen molar-refractivity contribution >= 4 is 11.5 Å². The van der Waals surface area contributed by atoms with Crippen LogP contribution in [-0.4, -0.2) is 42.4 Å². The zero-order valence-corrected chi connectivity index (χ0v) is 18.8. The number of aromatic nitrogens is 5. The lowest BCUT2D eigenvalue weighted by Crippen LogP contribution is -2.35. The van der Waals surface area contributed by atoms with Gasteiger partial charge in [-0.1, -0.05) is 6.42 Å². The van der Waals surface area contributed by atoms with E-state index < -0.39 is 0 Å². The van der Waals surface area contributed by atoms with Crippen LogP contribution in [0.2, 0.25) is 0 Å². The number of fused-ring (bicyclic) bond motifs is 1. The van der Waals surface area contributed by atoms with Crippen LogP contribution in [0.3, 0.4) is 0 Å². The Hall–Kier alpha value is -3.32. The number of imidazole rings is 1. The first kappa shape index (κ1) is 20.6. The Morgan fingerprint density at radius 3 is 2.56 bits per heavy atom. The molecule has 5 heterocycles. The second-order valence-electron chi connectivity index (χ2n) is 8.68. The number of pyridine rings is 2. The van der Waals surface area contributed by atoms with E-state index >= 15 is 0 Å². The summed E-state index contributed by atoms with van der Waals surface area (Å²) >= 11 is 0. The Bertz CT molecular complexity index is 1200. The predicted octanol–water partition coefficient (Wildman–Crippen LogP) is 4.13. The van der Waals surface area contributed by atoms with Crippen LogP contribution in [0.15, 0.2) is 48.9 Å². The van der Waals surface area contributed by atoms with E-state index in [1.807, 2.05) is 29.9 Å². The molecule has 0 bridgehead atoms. The van der Waals surface area contributed by atoms with Gasteiger partial charge in [0.2, 0.25) is 0 Å². The van der Waals surface area contributed by atoms with Crippen LogP contribution in [0.4, 0.5) is 5.82 Å². The van der Waals surface area contributed by atoms with Crippen LogP contribution in [0.5, 0.6) is 0 Å². The SMILES string of the molecule is Cc1cc(C)nc(Cc2nc(Cc3ccn4ccnc4c3)cc(NN3CCCCC3)n2)c1. The van der Waals surface area contributed by atoms with Crippen LogP contribution in [0.1, 0.15) is 53.3 Å². The Labute approximate surface area is 188 Å². The maximum Gasteiger partial charge on any atom is 0.144 e. The minimum atomic E-state index is 0.615. The van der Waals surface area contributed by atoms with E-state index in [1.165, 1.54) is 30.4 Å². The number of nitrogens with one attached hydrogen (secondary N) is 1. The highest BCUT2D eigenvalue weighted by Gasteiger charge is 2.13.